The molecule has 0 saturated heterocycles. The molecule has 73 heavy (non-hydrogen) atoms. The average Bonchev–Trinajstić information content (AvgIpc) is 3.36. The number of pyridine rings is 2. The molecule has 0 spiro atoms. The summed E-state index contributed by atoms with van der Waals surface area (Å²) in [7, 11) is 4.82. The van der Waals surface area contributed by atoms with Crippen LogP contribution in [0.4, 0.5) is 11.6 Å². The Labute approximate surface area is 435 Å². The van der Waals surface area contributed by atoms with E-state index < -0.39 is 0 Å². The Hall–Kier alpha value is -6.29. The van der Waals surface area contributed by atoms with Gasteiger partial charge in [-0.25, -0.2) is 14.8 Å². The summed E-state index contributed by atoms with van der Waals surface area (Å²) in [6.45, 7) is 20.4. The Kier molecular flexibility index (Phi) is 17.7. The largest absolute Gasteiger partial charge is 0.496 e. The summed E-state index contributed by atoms with van der Waals surface area (Å²) >= 11 is 0. The van der Waals surface area contributed by atoms with Crippen LogP contribution in [0.1, 0.15) is 156 Å². The van der Waals surface area contributed by atoms with Crippen molar-refractivity contribution in [3.8, 4) is 11.5 Å². The predicted molar refractivity (Wildman–Crippen MR) is 297 cm³/mol. The van der Waals surface area contributed by atoms with Crippen LogP contribution in [0.3, 0.4) is 0 Å². The van der Waals surface area contributed by atoms with E-state index in [1.54, 1.807) is 32.5 Å². The van der Waals surface area contributed by atoms with Gasteiger partial charge in [-0.15, -0.1) is 0 Å². The lowest BCUT2D eigenvalue weighted by Crippen LogP contribution is -2.39. The van der Waals surface area contributed by atoms with Crippen molar-refractivity contribution in [3.63, 3.8) is 0 Å². The molecule has 2 aromatic heterocycles. The number of nitrogens with zero attached hydrogens (tertiary/aromatic N) is 4. The fraction of sp³-hybridized carbons (Fsp3) is 0.476. The first-order valence-electron chi connectivity index (χ1n) is 26.5. The van der Waals surface area contributed by atoms with Crippen molar-refractivity contribution in [3.05, 3.63) is 131 Å². The van der Waals surface area contributed by atoms with Gasteiger partial charge in [-0.05, 0) is 182 Å². The van der Waals surface area contributed by atoms with Crippen molar-refractivity contribution in [1.29, 1.82) is 0 Å². The highest BCUT2D eigenvalue weighted by molar-refractivity contribution is 6.05. The summed E-state index contributed by atoms with van der Waals surface area (Å²) in [5.74, 6) is 5.23. The molecule has 4 aromatic carbocycles. The number of ether oxygens (including phenoxy) is 3. The maximum absolute atomic E-state index is 13.7. The second-order valence-electron chi connectivity index (χ2n) is 23.3. The molecule has 0 bridgehead atoms. The van der Waals surface area contributed by atoms with Crippen LogP contribution in [0, 0.1) is 43.4 Å². The Bertz CT molecular complexity index is 2880. The van der Waals surface area contributed by atoms with Crippen molar-refractivity contribution in [2.24, 2.45) is 22.7 Å². The van der Waals surface area contributed by atoms with Gasteiger partial charge in [0.05, 0.1) is 26.9 Å². The minimum atomic E-state index is -0.380. The number of carbonyl (C=O) groups excluding carboxylic acids is 3. The highest BCUT2D eigenvalue weighted by Crippen LogP contribution is 2.41. The molecule has 0 N–H and O–H groups in total. The lowest BCUT2D eigenvalue weighted by Gasteiger charge is -2.34. The van der Waals surface area contributed by atoms with E-state index >= 15 is 0 Å². The number of rotatable bonds is 13. The summed E-state index contributed by atoms with van der Waals surface area (Å²) in [6.07, 6.45) is 13.4. The lowest BCUT2D eigenvalue weighted by atomic mass is 9.78. The zero-order valence-corrected chi connectivity index (χ0v) is 45.8. The first-order chi connectivity index (χ1) is 34.7. The second kappa shape index (κ2) is 23.7. The Morgan fingerprint density at radius 3 is 1.36 bits per heavy atom. The van der Waals surface area contributed by atoms with Gasteiger partial charge in [-0.3, -0.25) is 19.4 Å². The molecule has 2 fully saturated rings. The summed E-state index contributed by atoms with van der Waals surface area (Å²) in [6, 6.07) is 28.9. The molecule has 6 aromatic rings. The van der Waals surface area contributed by atoms with E-state index in [0.717, 1.165) is 96.8 Å². The van der Waals surface area contributed by atoms with Crippen LogP contribution in [-0.4, -0.2) is 62.2 Å². The van der Waals surface area contributed by atoms with Crippen molar-refractivity contribution in [2.45, 2.75) is 138 Å². The van der Waals surface area contributed by atoms with Crippen molar-refractivity contribution >= 4 is 51.0 Å². The summed E-state index contributed by atoms with van der Waals surface area (Å²) in [5, 5.41) is 3.93. The number of aromatic nitrogens is 2. The van der Waals surface area contributed by atoms with Crippen LogP contribution >= 0.6 is 0 Å². The minimum Gasteiger partial charge on any atom is -0.496 e. The van der Waals surface area contributed by atoms with Crippen LogP contribution in [-0.2, 0) is 14.3 Å². The molecule has 2 heterocycles. The number of aryl methyl sites for hydroxylation is 3. The molecular formula is C63H80N4O6. The Morgan fingerprint density at radius 1 is 0.534 bits per heavy atom. The van der Waals surface area contributed by atoms with Crippen molar-refractivity contribution in [1.82, 2.24) is 9.97 Å². The number of hydrogen-bond acceptors (Lipinski definition) is 8. The quantitative estimate of drug-likeness (QED) is 0.105. The average molecular weight is 989 g/mol. The van der Waals surface area contributed by atoms with Crippen LogP contribution in [0.15, 0.2) is 97.3 Å². The van der Waals surface area contributed by atoms with E-state index in [4.69, 9.17) is 19.2 Å². The van der Waals surface area contributed by atoms with Gasteiger partial charge in [0.15, 0.2) is 0 Å². The molecule has 2 amide bonds. The number of fused-ring (bicyclic) bond motifs is 2. The molecule has 0 atom stereocenters. The van der Waals surface area contributed by atoms with E-state index in [1.807, 2.05) is 34.2 Å². The van der Waals surface area contributed by atoms with Gasteiger partial charge in [0.25, 0.3) is 0 Å². The standard InChI is InChI=1S/C32H40N2O4.C31H40N2O2/c1-21-17-24(12-14-28(21)37-5)23-9-7-22(8-10-23)20-34(29(35)19-32(2,3)4)30-27-13-11-26(31(36)38-6)18-25(27)15-16-33-30;1-21-7-13-27-26(17-21)15-16-32-30(27)33(29(34)19-31(3,4)5)20-23-8-10-24(11-9-23)25-12-14-28(35-6)22(2)18-25/h11-18,22-23H,7-10,19-20H2,1-6H3;7,12-18,23-24H,8-11,19-20H2,1-6H3. The van der Waals surface area contributed by atoms with Crippen molar-refractivity contribution in [2.75, 3.05) is 44.2 Å². The number of methoxy groups -OCH3 is 3. The minimum absolute atomic E-state index is 0.0691. The molecule has 0 aliphatic heterocycles. The van der Waals surface area contributed by atoms with Gasteiger partial charge < -0.3 is 14.2 Å². The van der Waals surface area contributed by atoms with Gasteiger partial charge in [-0.2, -0.15) is 0 Å². The monoisotopic (exact) mass is 989 g/mol. The van der Waals surface area contributed by atoms with Crippen LogP contribution in [0.25, 0.3) is 21.5 Å². The lowest BCUT2D eigenvalue weighted by molar-refractivity contribution is -0.121. The van der Waals surface area contributed by atoms with Crippen LogP contribution in [0.2, 0.25) is 0 Å². The predicted octanol–water partition coefficient (Wildman–Crippen LogP) is 14.7. The molecule has 10 nitrogen and oxygen atoms in total. The Morgan fingerprint density at radius 2 is 0.959 bits per heavy atom. The van der Waals surface area contributed by atoms with E-state index in [0.29, 0.717) is 54.4 Å². The fourth-order valence-electron chi connectivity index (χ4n) is 11.0. The van der Waals surface area contributed by atoms with Gasteiger partial charge in [-0.1, -0.05) is 89.6 Å². The van der Waals surface area contributed by atoms with Gasteiger partial charge in [0, 0.05) is 49.1 Å². The maximum Gasteiger partial charge on any atom is 0.337 e. The van der Waals surface area contributed by atoms with E-state index in [9.17, 15) is 14.4 Å². The van der Waals surface area contributed by atoms with Crippen LogP contribution in [0.5, 0.6) is 11.5 Å². The summed E-state index contributed by atoms with van der Waals surface area (Å²) in [5.41, 5.74) is 6.65. The van der Waals surface area contributed by atoms with Crippen LogP contribution < -0.4 is 19.3 Å². The van der Waals surface area contributed by atoms with Gasteiger partial charge in [0.1, 0.15) is 23.1 Å². The number of carbonyl (C=O) groups is 3. The third kappa shape index (κ3) is 14.1. The number of anilines is 2. The molecule has 2 saturated carbocycles. The molecular weight excluding hydrogens is 909 g/mol. The summed E-state index contributed by atoms with van der Waals surface area (Å²) < 4.78 is 15.8. The highest BCUT2D eigenvalue weighted by Gasteiger charge is 2.32. The third-order valence-electron chi connectivity index (χ3n) is 14.9. The molecule has 8 rings (SSSR count). The molecule has 10 heteroatoms. The third-order valence-corrected chi connectivity index (χ3v) is 14.9. The number of benzene rings is 4. The molecule has 388 valence electrons. The van der Waals surface area contributed by atoms with E-state index in [1.165, 1.54) is 34.9 Å². The molecule has 2 aliphatic carbocycles. The fourth-order valence-corrected chi connectivity index (χ4v) is 11.0. The molecule has 2 aliphatic rings. The molecule has 0 unspecified atom stereocenters. The zero-order chi connectivity index (χ0) is 52.6. The van der Waals surface area contributed by atoms with E-state index in [-0.39, 0.29) is 28.6 Å². The number of hydrogen-bond donors (Lipinski definition) is 0. The second-order valence-corrected chi connectivity index (χ2v) is 23.3. The number of amides is 2. The summed E-state index contributed by atoms with van der Waals surface area (Å²) in [4.78, 5) is 52.7. The van der Waals surface area contributed by atoms with Crippen molar-refractivity contribution < 1.29 is 28.6 Å². The smallest absolute Gasteiger partial charge is 0.337 e. The maximum atomic E-state index is 13.7. The highest BCUT2D eigenvalue weighted by atomic mass is 16.5. The first kappa shape index (κ1) is 54.5. The molecule has 0 radical (unpaired) electrons. The topological polar surface area (TPSA) is 111 Å². The Balaban J connectivity index is 0.000000214. The normalized spacial score (nSPS) is 18.1. The zero-order valence-electron chi connectivity index (χ0n) is 45.8. The van der Waals surface area contributed by atoms with Gasteiger partial charge >= 0.3 is 5.97 Å². The first-order valence-corrected chi connectivity index (χ1v) is 26.5. The SMILES string of the molecule is COC(=O)c1ccc2c(N(CC3CCC(c4ccc(OC)c(C)c4)CC3)C(=O)CC(C)(C)C)nccc2c1.COc1ccc(C2CCC(CN(C(=O)CC(C)(C)C)c3nccc4cc(C)ccc34)CC2)cc1C. The number of esters is 1. The van der Waals surface area contributed by atoms with E-state index in [2.05, 4.69) is 122 Å². The van der Waals surface area contributed by atoms with Gasteiger partial charge in [0.2, 0.25) is 11.8 Å².